The van der Waals surface area contributed by atoms with E-state index in [0.29, 0.717) is 0 Å². The van der Waals surface area contributed by atoms with Crippen molar-refractivity contribution in [3.05, 3.63) is 0 Å². The SMILES string of the molecule is CC[C@@H](CO)NCCN[C@@H](CC)CO.O=C(O)CN(CCOCCOCCN(CC(=O)O)CC(=O)O)CC(=O)O. The van der Waals surface area contributed by atoms with Gasteiger partial charge in [-0.05, 0) is 12.8 Å². The van der Waals surface area contributed by atoms with Crippen LogP contribution in [0.2, 0.25) is 0 Å². The number of carboxylic acid groups (broad SMARTS) is 4. The second-order valence-corrected chi connectivity index (χ2v) is 8.70. The Bertz CT molecular complexity index is 590. The van der Waals surface area contributed by atoms with E-state index in [0.717, 1.165) is 25.9 Å². The first kappa shape index (κ1) is 39.7. The molecule has 0 saturated heterocycles. The van der Waals surface area contributed by atoms with Gasteiger partial charge in [0.15, 0.2) is 0 Å². The summed E-state index contributed by atoms with van der Waals surface area (Å²) in [6.45, 7) is 5.34. The summed E-state index contributed by atoms with van der Waals surface area (Å²) >= 11 is 0. The van der Waals surface area contributed by atoms with Crippen molar-refractivity contribution in [1.29, 1.82) is 0 Å². The van der Waals surface area contributed by atoms with E-state index >= 15 is 0 Å². The van der Waals surface area contributed by atoms with Crippen LogP contribution in [-0.2, 0) is 28.7 Å². The maximum Gasteiger partial charge on any atom is 0.317 e. The van der Waals surface area contributed by atoms with Gasteiger partial charge >= 0.3 is 23.9 Å². The molecule has 0 aliphatic carbocycles. The monoisotopic (exact) mass is 584 g/mol. The molecule has 8 N–H and O–H groups in total. The van der Waals surface area contributed by atoms with Crippen LogP contribution in [0.5, 0.6) is 0 Å². The zero-order valence-electron chi connectivity index (χ0n) is 23.5. The maximum atomic E-state index is 10.6. The fourth-order valence-corrected chi connectivity index (χ4v) is 3.13. The Morgan fingerprint density at radius 2 is 0.900 bits per heavy atom. The number of aliphatic hydroxyl groups is 2. The molecule has 0 aromatic carbocycles. The van der Waals surface area contributed by atoms with Crippen molar-refractivity contribution in [2.75, 3.05) is 92.0 Å². The van der Waals surface area contributed by atoms with Crippen LogP contribution in [0.15, 0.2) is 0 Å². The smallest absolute Gasteiger partial charge is 0.317 e. The van der Waals surface area contributed by atoms with Crippen LogP contribution in [0.1, 0.15) is 26.7 Å². The normalized spacial score (nSPS) is 12.6. The minimum Gasteiger partial charge on any atom is -0.480 e. The van der Waals surface area contributed by atoms with E-state index in [1.165, 1.54) is 9.80 Å². The lowest BCUT2D eigenvalue weighted by atomic mass is 10.2. The minimum atomic E-state index is -1.14. The summed E-state index contributed by atoms with van der Waals surface area (Å²) in [6, 6.07) is 0.400. The predicted octanol–water partition coefficient (Wildman–Crippen LogP) is -2.33. The molecule has 16 nitrogen and oxygen atoms in total. The summed E-state index contributed by atoms with van der Waals surface area (Å²) in [7, 11) is 0. The van der Waals surface area contributed by atoms with Gasteiger partial charge in [0, 0.05) is 38.3 Å². The van der Waals surface area contributed by atoms with Crippen LogP contribution < -0.4 is 10.6 Å². The Morgan fingerprint density at radius 1 is 0.600 bits per heavy atom. The van der Waals surface area contributed by atoms with Crippen LogP contribution >= 0.6 is 0 Å². The van der Waals surface area contributed by atoms with Crippen molar-refractivity contribution < 1.29 is 59.3 Å². The molecule has 0 aliphatic heterocycles. The first-order chi connectivity index (χ1) is 19.0. The first-order valence-corrected chi connectivity index (χ1v) is 13.1. The molecule has 0 unspecified atom stereocenters. The van der Waals surface area contributed by atoms with Gasteiger partial charge in [0.05, 0.1) is 65.8 Å². The maximum absolute atomic E-state index is 10.6. The van der Waals surface area contributed by atoms with E-state index in [9.17, 15) is 19.2 Å². The molecule has 236 valence electrons. The molecule has 0 spiro atoms. The van der Waals surface area contributed by atoms with Crippen molar-refractivity contribution >= 4 is 23.9 Å². The highest BCUT2D eigenvalue weighted by Crippen LogP contribution is 1.92. The summed E-state index contributed by atoms with van der Waals surface area (Å²) in [6.07, 6.45) is 1.88. The zero-order valence-corrected chi connectivity index (χ0v) is 23.5. The molecule has 16 heteroatoms. The molecule has 0 bridgehead atoms. The molecule has 40 heavy (non-hydrogen) atoms. The van der Waals surface area contributed by atoms with Gasteiger partial charge in [0.2, 0.25) is 0 Å². The van der Waals surface area contributed by atoms with Gasteiger partial charge in [-0.15, -0.1) is 0 Å². The molecule has 0 saturated carbocycles. The number of aliphatic carboxylic acids is 4. The molecular formula is C24H48N4O12. The van der Waals surface area contributed by atoms with Crippen LogP contribution in [-0.4, -0.2) is 168 Å². The highest BCUT2D eigenvalue weighted by Gasteiger charge is 2.14. The number of ether oxygens (including phenoxy) is 2. The van der Waals surface area contributed by atoms with Gasteiger partial charge in [-0.1, -0.05) is 13.8 Å². The summed E-state index contributed by atoms with van der Waals surface area (Å²) in [5.41, 5.74) is 0. The lowest BCUT2D eigenvalue weighted by Crippen LogP contribution is -2.40. The highest BCUT2D eigenvalue weighted by atomic mass is 16.5. The number of carboxylic acids is 4. The number of nitrogens with one attached hydrogen (secondary N) is 2. The Hall–Kier alpha value is -2.44. The summed E-state index contributed by atoms with van der Waals surface area (Å²) < 4.78 is 10.4. The average molecular weight is 585 g/mol. The molecule has 0 aromatic heterocycles. The van der Waals surface area contributed by atoms with E-state index in [2.05, 4.69) is 10.6 Å². The quantitative estimate of drug-likeness (QED) is 0.0497. The number of carbonyl (C=O) groups is 4. The predicted molar refractivity (Wildman–Crippen MR) is 143 cm³/mol. The largest absolute Gasteiger partial charge is 0.480 e. The van der Waals surface area contributed by atoms with Gasteiger partial charge in [-0.3, -0.25) is 29.0 Å². The fourth-order valence-electron chi connectivity index (χ4n) is 3.13. The molecule has 0 amide bonds. The molecule has 0 aliphatic rings. The number of hydrogen-bond donors (Lipinski definition) is 8. The van der Waals surface area contributed by atoms with Gasteiger partial charge in [-0.2, -0.15) is 0 Å². The van der Waals surface area contributed by atoms with E-state index in [1.54, 1.807) is 0 Å². The molecule has 0 heterocycles. The molecule has 2 atom stereocenters. The number of nitrogens with zero attached hydrogens (tertiary/aromatic N) is 2. The van der Waals surface area contributed by atoms with Crippen LogP contribution in [0.3, 0.4) is 0 Å². The Kier molecular flexibility index (Phi) is 26.6. The standard InChI is InChI=1S/C14H24N2O10.C10H24N2O2/c17-11(18)7-15(8-12(19)20)1-3-25-5-6-26-4-2-16(9-13(21)22)10-14(23)24;1-3-9(7-13)11-5-6-12-10(4-2)8-14/h1-10H2,(H,17,18)(H,19,20)(H,21,22)(H,23,24);9-14H,3-8H2,1-2H3/t;9-,10-/m.0/s1. The third-order valence-corrected chi connectivity index (χ3v) is 5.33. The molecule has 0 rings (SSSR count). The molecular weight excluding hydrogens is 536 g/mol. The lowest BCUT2D eigenvalue weighted by molar-refractivity contribution is -0.144. The van der Waals surface area contributed by atoms with E-state index in [-0.39, 0.29) is 64.8 Å². The highest BCUT2D eigenvalue weighted by molar-refractivity contribution is 5.73. The Labute approximate surface area is 234 Å². The summed E-state index contributed by atoms with van der Waals surface area (Å²) in [5.74, 6) is -4.55. The van der Waals surface area contributed by atoms with Gasteiger partial charge in [0.1, 0.15) is 0 Å². The van der Waals surface area contributed by atoms with Crippen molar-refractivity contribution in [3.63, 3.8) is 0 Å². The van der Waals surface area contributed by atoms with E-state index < -0.39 is 50.1 Å². The van der Waals surface area contributed by atoms with E-state index in [1.807, 2.05) is 13.8 Å². The average Bonchev–Trinajstić information content (AvgIpc) is 2.86. The summed E-state index contributed by atoms with van der Waals surface area (Å²) in [5, 5.41) is 59.0. The van der Waals surface area contributed by atoms with Gasteiger partial charge in [-0.25, -0.2) is 0 Å². The first-order valence-electron chi connectivity index (χ1n) is 13.1. The van der Waals surface area contributed by atoms with Gasteiger partial charge < -0.3 is 50.7 Å². The third kappa shape index (κ3) is 27.1. The topological polar surface area (TPSA) is 239 Å². The Balaban J connectivity index is 0. The number of aliphatic hydroxyl groups excluding tert-OH is 2. The number of hydrogen-bond acceptors (Lipinski definition) is 12. The zero-order chi connectivity index (χ0) is 30.8. The third-order valence-electron chi connectivity index (χ3n) is 5.33. The summed E-state index contributed by atoms with van der Waals surface area (Å²) in [4.78, 5) is 44.9. The van der Waals surface area contributed by atoms with Crippen molar-refractivity contribution in [2.24, 2.45) is 0 Å². The lowest BCUT2D eigenvalue weighted by Gasteiger charge is -2.18. The van der Waals surface area contributed by atoms with Gasteiger partial charge in [0.25, 0.3) is 0 Å². The fraction of sp³-hybridized carbons (Fsp3) is 0.833. The van der Waals surface area contributed by atoms with Crippen LogP contribution in [0.4, 0.5) is 0 Å². The second-order valence-electron chi connectivity index (χ2n) is 8.70. The van der Waals surface area contributed by atoms with Crippen molar-refractivity contribution in [2.45, 2.75) is 38.8 Å². The molecule has 0 fully saturated rings. The second kappa shape index (κ2) is 26.8. The Morgan fingerprint density at radius 3 is 1.12 bits per heavy atom. The molecule has 0 radical (unpaired) electrons. The van der Waals surface area contributed by atoms with Crippen molar-refractivity contribution in [3.8, 4) is 0 Å². The minimum absolute atomic E-state index is 0.119. The molecule has 0 aromatic rings. The van der Waals surface area contributed by atoms with E-state index in [4.69, 9.17) is 40.1 Å². The van der Waals surface area contributed by atoms with Crippen molar-refractivity contribution in [1.82, 2.24) is 20.4 Å². The van der Waals surface area contributed by atoms with Crippen LogP contribution in [0, 0.1) is 0 Å². The van der Waals surface area contributed by atoms with Crippen LogP contribution in [0.25, 0.3) is 0 Å². The number of rotatable bonds is 26.